The van der Waals surface area contributed by atoms with Gasteiger partial charge in [0.1, 0.15) is 0 Å². The summed E-state index contributed by atoms with van der Waals surface area (Å²) >= 11 is 0. The second-order valence-corrected chi connectivity index (χ2v) is 23.8. The highest BCUT2D eigenvalue weighted by atomic mass is 15.2. The van der Waals surface area contributed by atoms with E-state index in [1.165, 1.54) is 255 Å². The van der Waals surface area contributed by atoms with E-state index in [9.17, 15) is 0 Å². The summed E-state index contributed by atoms with van der Waals surface area (Å²) in [5.41, 5.74) is 7.18. The summed E-state index contributed by atoms with van der Waals surface area (Å²) in [5, 5.41) is 5.51. The Hall–Kier alpha value is -4.04. The zero-order chi connectivity index (χ0) is 51.4. The minimum atomic E-state index is -0.0810. The van der Waals surface area contributed by atoms with E-state index in [-0.39, 0.29) is 10.8 Å². The number of hydrogen-bond acceptors (Lipinski definition) is 2. The van der Waals surface area contributed by atoms with Crippen molar-refractivity contribution in [3.63, 3.8) is 0 Å². The molecule has 0 amide bonds. The molecular formula is C71H106N2. The second kappa shape index (κ2) is 32.4. The van der Waals surface area contributed by atoms with Crippen LogP contribution in [0.2, 0.25) is 0 Å². The molecule has 0 N–H and O–H groups in total. The predicted octanol–water partition coefficient (Wildman–Crippen LogP) is 22.3. The maximum absolute atomic E-state index is 2.74. The van der Waals surface area contributed by atoms with E-state index in [1.807, 2.05) is 0 Å². The Bertz CT molecular complexity index is 2280. The van der Waals surface area contributed by atoms with Gasteiger partial charge in [-0.2, -0.15) is 0 Å². The van der Waals surface area contributed by atoms with Gasteiger partial charge in [-0.05, 0) is 63.7 Å². The summed E-state index contributed by atoms with van der Waals surface area (Å²) in [7, 11) is 0. The minimum absolute atomic E-state index is 0.00103. The standard InChI is InChI=1S/C71H106N2/c1-7-9-11-13-15-17-19-21-23-25-27-29-31-33-38-46-58-72-64-56-54-60-48-42-44-50-62(60)68(64)70(3,4)66(72)52-40-36-35-37-41-53-67-71(5,6)69-63-51-45-43-49-61(63)55-57-65(69)73(67)59-47-39-34-32-30-28-26-24-22-20-18-16-14-12-10-8-2/h35-37,40-45,48-57,66H,7-34,38-39,46-47,58-59H2,1-6H3/b36-35+,41-37+,52-40+,67-53+. The third kappa shape index (κ3) is 17.5. The lowest BCUT2D eigenvalue weighted by Gasteiger charge is -2.32. The third-order valence-electron chi connectivity index (χ3n) is 17.2. The van der Waals surface area contributed by atoms with Crippen molar-refractivity contribution in [2.45, 2.75) is 264 Å². The van der Waals surface area contributed by atoms with E-state index in [2.05, 4.69) is 167 Å². The number of rotatable bonds is 38. The quantitative estimate of drug-likeness (QED) is 0.0326. The minimum Gasteiger partial charge on any atom is -0.364 e. The van der Waals surface area contributed by atoms with E-state index in [1.54, 1.807) is 0 Å². The van der Waals surface area contributed by atoms with Gasteiger partial charge in [-0.3, -0.25) is 0 Å². The lowest BCUT2D eigenvalue weighted by Crippen LogP contribution is -2.40. The zero-order valence-electron chi connectivity index (χ0n) is 48.0. The predicted molar refractivity (Wildman–Crippen MR) is 327 cm³/mol. The molecule has 2 aliphatic rings. The Morgan fingerprint density at radius 2 is 0.767 bits per heavy atom. The summed E-state index contributed by atoms with van der Waals surface area (Å²) in [6, 6.07) is 27.9. The number of anilines is 2. The Morgan fingerprint density at radius 3 is 1.25 bits per heavy atom. The first-order valence-electron chi connectivity index (χ1n) is 31.1. The summed E-state index contributed by atoms with van der Waals surface area (Å²) in [6.07, 6.45) is 61.2. The Labute approximate surface area is 449 Å². The Morgan fingerprint density at radius 1 is 0.384 bits per heavy atom. The maximum Gasteiger partial charge on any atom is 0.0568 e. The van der Waals surface area contributed by atoms with Gasteiger partial charge in [0.15, 0.2) is 0 Å². The molecule has 2 nitrogen and oxygen atoms in total. The van der Waals surface area contributed by atoms with Gasteiger partial charge in [-0.25, -0.2) is 0 Å². The molecule has 0 radical (unpaired) electrons. The van der Waals surface area contributed by atoms with Gasteiger partial charge < -0.3 is 9.80 Å². The highest BCUT2D eigenvalue weighted by Gasteiger charge is 2.44. The second-order valence-electron chi connectivity index (χ2n) is 23.8. The number of fused-ring (bicyclic) bond motifs is 6. The number of hydrogen-bond donors (Lipinski definition) is 0. The first kappa shape index (κ1) is 58.2. The fraction of sp³-hybridized carbons (Fsp3) is 0.606. The van der Waals surface area contributed by atoms with E-state index in [0.717, 1.165) is 13.1 Å². The highest BCUT2D eigenvalue weighted by molar-refractivity contribution is 5.95. The molecule has 0 saturated carbocycles. The molecule has 4 aromatic carbocycles. The van der Waals surface area contributed by atoms with Gasteiger partial charge in [0, 0.05) is 41.0 Å². The van der Waals surface area contributed by atoms with Gasteiger partial charge in [-0.1, -0.05) is 331 Å². The van der Waals surface area contributed by atoms with Crippen molar-refractivity contribution in [2.75, 3.05) is 22.9 Å². The summed E-state index contributed by atoms with van der Waals surface area (Å²) in [4.78, 5) is 5.41. The van der Waals surface area contributed by atoms with Crippen LogP contribution in [0, 0.1) is 0 Å². The van der Waals surface area contributed by atoms with Crippen molar-refractivity contribution in [1.82, 2.24) is 0 Å². The molecule has 1 atom stereocenters. The van der Waals surface area contributed by atoms with E-state index in [0.29, 0.717) is 6.04 Å². The molecule has 2 heterocycles. The average Bonchev–Trinajstić information content (AvgIpc) is 3.75. The third-order valence-corrected chi connectivity index (χ3v) is 17.2. The molecule has 0 aliphatic carbocycles. The average molecular weight is 988 g/mol. The van der Waals surface area contributed by atoms with Crippen LogP contribution in [0.1, 0.15) is 258 Å². The summed E-state index contributed by atoms with van der Waals surface area (Å²) < 4.78 is 0. The highest BCUT2D eigenvalue weighted by Crippen LogP contribution is 2.51. The summed E-state index contributed by atoms with van der Waals surface area (Å²) in [6.45, 7) is 16.7. The van der Waals surface area contributed by atoms with Gasteiger partial charge in [0.05, 0.1) is 6.04 Å². The van der Waals surface area contributed by atoms with Crippen LogP contribution >= 0.6 is 0 Å². The summed E-state index contributed by atoms with van der Waals surface area (Å²) in [5.74, 6) is 0. The van der Waals surface area contributed by atoms with E-state index < -0.39 is 0 Å². The van der Waals surface area contributed by atoms with Crippen molar-refractivity contribution in [3.05, 3.63) is 132 Å². The number of nitrogens with zero attached hydrogens (tertiary/aromatic N) is 2. The molecule has 73 heavy (non-hydrogen) atoms. The van der Waals surface area contributed by atoms with Crippen LogP contribution in [-0.2, 0) is 10.8 Å². The normalized spacial score (nSPS) is 16.7. The molecule has 0 fully saturated rings. The molecule has 0 aromatic heterocycles. The molecular weight excluding hydrogens is 881 g/mol. The van der Waals surface area contributed by atoms with E-state index >= 15 is 0 Å². The van der Waals surface area contributed by atoms with Crippen molar-refractivity contribution >= 4 is 32.9 Å². The molecule has 2 aliphatic heterocycles. The topological polar surface area (TPSA) is 6.48 Å². The molecule has 2 heteroatoms. The van der Waals surface area contributed by atoms with Crippen molar-refractivity contribution in [2.24, 2.45) is 0 Å². The van der Waals surface area contributed by atoms with Crippen molar-refractivity contribution in [3.8, 4) is 0 Å². The first-order valence-corrected chi connectivity index (χ1v) is 31.1. The van der Waals surface area contributed by atoms with Crippen LogP contribution < -0.4 is 9.80 Å². The maximum atomic E-state index is 2.74. The fourth-order valence-electron chi connectivity index (χ4n) is 12.9. The van der Waals surface area contributed by atoms with Crippen LogP contribution in [0.5, 0.6) is 0 Å². The van der Waals surface area contributed by atoms with Gasteiger partial charge in [0.2, 0.25) is 0 Å². The molecule has 4 aromatic rings. The lowest BCUT2D eigenvalue weighted by atomic mass is 9.78. The zero-order valence-corrected chi connectivity index (χ0v) is 48.0. The molecule has 0 spiro atoms. The SMILES string of the molecule is CCCCCCCCCCCCCCCCCCN1/C(=C/C=C/C=C/C=C/C2N(CCCCCCCCCCCCCCCCCC)c3ccc4ccccc4c3C2(C)C)C(C)(C)c2c1ccc1ccccc21. The molecule has 0 saturated heterocycles. The number of unbranched alkanes of at least 4 members (excludes halogenated alkanes) is 30. The van der Waals surface area contributed by atoms with Crippen LogP contribution in [0.3, 0.4) is 0 Å². The van der Waals surface area contributed by atoms with Gasteiger partial charge in [-0.15, -0.1) is 0 Å². The molecule has 1 unspecified atom stereocenters. The smallest absolute Gasteiger partial charge is 0.0568 e. The monoisotopic (exact) mass is 987 g/mol. The fourth-order valence-corrected chi connectivity index (χ4v) is 12.9. The first-order chi connectivity index (χ1) is 35.8. The number of benzene rings is 4. The molecule has 0 bridgehead atoms. The van der Waals surface area contributed by atoms with Crippen LogP contribution in [-0.4, -0.2) is 19.1 Å². The van der Waals surface area contributed by atoms with Crippen LogP contribution in [0.25, 0.3) is 21.5 Å². The molecule has 6 rings (SSSR count). The largest absolute Gasteiger partial charge is 0.364 e. The van der Waals surface area contributed by atoms with Crippen molar-refractivity contribution in [1.29, 1.82) is 0 Å². The lowest BCUT2D eigenvalue weighted by molar-refractivity contribution is 0.469. The van der Waals surface area contributed by atoms with Crippen LogP contribution in [0.4, 0.5) is 11.4 Å². The Balaban J connectivity index is 0.999. The Kier molecular flexibility index (Phi) is 25.9. The van der Waals surface area contributed by atoms with Crippen LogP contribution in [0.15, 0.2) is 121 Å². The van der Waals surface area contributed by atoms with E-state index in [4.69, 9.17) is 0 Å². The van der Waals surface area contributed by atoms with Crippen molar-refractivity contribution < 1.29 is 0 Å². The number of allylic oxidation sites excluding steroid dienone is 7. The molecule has 400 valence electrons. The van der Waals surface area contributed by atoms with Gasteiger partial charge in [0.25, 0.3) is 0 Å². The van der Waals surface area contributed by atoms with Gasteiger partial charge >= 0.3 is 0 Å².